The summed E-state index contributed by atoms with van der Waals surface area (Å²) in [5, 5.41) is 10.3. The van der Waals surface area contributed by atoms with E-state index >= 15 is 0 Å². The minimum Gasteiger partial charge on any atom is -0.489 e. The Hall–Kier alpha value is -3.08. The third kappa shape index (κ3) is 3.85. The number of hydrogen-bond acceptors (Lipinski definition) is 3. The van der Waals surface area contributed by atoms with Crippen LogP contribution >= 0.6 is 0 Å². The molecule has 0 amide bonds. The lowest BCUT2D eigenvalue weighted by atomic mass is 9.92. The summed E-state index contributed by atoms with van der Waals surface area (Å²) in [6.07, 6.45) is 4.30. The molecule has 3 aromatic rings. The second kappa shape index (κ2) is 7.88. The molecule has 5 nitrogen and oxygen atoms in total. The van der Waals surface area contributed by atoms with E-state index < -0.39 is 5.97 Å². The average molecular weight is 418 g/mol. The number of ketones is 1. The molecule has 2 aromatic carbocycles. The van der Waals surface area contributed by atoms with Gasteiger partial charge in [-0.2, -0.15) is 0 Å². The average Bonchev–Trinajstić information content (AvgIpc) is 3.42. The first-order valence-electron chi connectivity index (χ1n) is 11.1. The van der Waals surface area contributed by atoms with E-state index in [1.807, 2.05) is 12.1 Å². The Morgan fingerprint density at radius 2 is 2.03 bits per heavy atom. The quantitative estimate of drug-likeness (QED) is 0.563. The lowest BCUT2D eigenvalue weighted by molar-refractivity contribution is -0.137. The number of carbonyl (C=O) groups is 2. The van der Waals surface area contributed by atoms with E-state index in [0.29, 0.717) is 31.1 Å². The van der Waals surface area contributed by atoms with E-state index in [-0.39, 0.29) is 12.3 Å². The number of hydrogen-bond donors (Lipinski definition) is 2. The van der Waals surface area contributed by atoms with Crippen LogP contribution in [0, 0.1) is 6.92 Å². The first kappa shape index (κ1) is 19.9. The number of Topliss-reactive ketones (excluding diaryl/α,β-unsaturated/α-hetero) is 1. The number of aromatic amines is 1. The van der Waals surface area contributed by atoms with Crippen LogP contribution in [-0.4, -0.2) is 21.8 Å². The van der Waals surface area contributed by atoms with Gasteiger partial charge in [0.05, 0.1) is 6.42 Å². The van der Waals surface area contributed by atoms with E-state index in [1.165, 1.54) is 16.7 Å². The number of fused-ring (bicyclic) bond motifs is 3. The van der Waals surface area contributed by atoms with E-state index in [9.17, 15) is 9.59 Å². The van der Waals surface area contributed by atoms with Crippen LogP contribution < -0.4 is 4.74 Å². The topological polar surface area (TPSA) is 79.4 Å². The van der Waals surface area contributed by atoms with Crippen molar-refractivity contribution in [2.75, 3.05) is 0 Å². The number of benzene rings is 2. The molecular formula is C26H27NO4. The zero-order valence-electron chi connectivity index (χ0n) is 17.7. The summed E-state index contributed by atoms with van der Waals surface area (Å²) in [5.74, 6) is 0.879. The summed E-state index contributed by atoms with van der Waals surface area (Å²) >= 11 is 0. The highest BCUT2D eigenvalue weighted by molar-refractivity contribution is 5.87. The van der Waals surface area contributed by atoms with Gasteiger partial charge in [-0.05, 0) is 72.6 Å². The fraction of sp³-hybridized carbons (Fsp3) is 0.385. The Morgan fingerprint density at radius 1 is 1.16 bits per heavy atom. The fourth-order valence-corrected chi connectivity index (χ4v) is 5.36. The third-order valence-electron chi connectivity index (χ3n) is 6.91. The highest BCUT2D eigenvalue weighted by atomic mass is 16.5. The SMILES string of the molecule is Cc1cc(COc2ccc3[nH]c4c(c3c2)CC[C@H]4CC(=O)O)ccc1[C@@H]1CCC(=O)C1. The minimum absolute atomic E-state index is 0.0703. The number of aromatic nitrogens is 1. The second-order valence-electron chi connectivity index (χ2n) is 9.02. The Balaban J connectivity index is 1.31. The number of ether oxygens (including phenoxy) is 1. The van der Waals surface area contributed by atoms with Crippen molar-refractivity contribution in [3.63, 3.8) is 0 Å². The van der Waals surface area contributed by atoms with Crippen LogP contribution in [0.3, 0.4) is 0 Å². The van der Waals surface area contributed by atoms with Crippen molar-refractivity contribution in [1.29, 1.82) is 0 Å². The van der Waals surface area contributed by atoms with Gasteiger partial charge in [-0.3, -0.25) is 9.59 Å². The first-order chi connectivity index (χ1) is 15.0. The van der Waals surface area contributed by atoms with Crippen molar-refractivity contribution < 1.29 is 19.4 Å². The predicted molar refractivity (Wildman–Crippen MR) is 119 cm³/mol. The minimum atomic E-state index is -0.749. The van der Waals surface area contributed by atoms with Crippen molar-refractivity contribution in [1.82, 2.24) is 4.98 Å². The fourth-order valence-electron chi connectivity index (χ4n) is 5.36. The molecule has 1 fully saturated rings. The monoisotopic (exact) mass is 417 g/mol. The van der Waals surface area contributed by atoms with Gasteiger partial charge in [0.25, 0.3) is 0 Å². The number of carboxylic acids is 1. The maximum Gasteiger partial charge on any atom is 0.304 e. The smallest absolute Gasteiger partial charge is 0.304 e. The van der Waals surface area contributed by atoms with Gasteiger partial charge in [-0.1, -0.05) is 18.2 Å². The molecule has 0 radical (unpaired) electrons. The van der Waals surface area contributed by atoms with Gasteiger partial charge in [-0.25, -0.2) is 0 Å². The molecule has 5 heteroatoms. The maximum atomic E-state index is 11.6. The second-order valence-corrected chi connectivity index (χ2v) is 9.02. The maximum absolute atomic E-state index is 11.6. The lowest BCUT2D eigenvalue weighted by Gasteiger charge is -2.14. The third-order valence-corrected chi connectivity index (χ3v) is 6.91. The number of nitrogens with one attached hydrogen (secondary N) is 1. The van der Waals surface area contributed by atoms with Gasteiger partial charge >= 0.3 is 5.97 Å². The molecule has 2 atom stereocenters. The molecule has 0 spiro atoms. The van der Waals surface area contributed by atoms with E-state index in [4.69, 9.17) is 9.84 Å². The Morgan fingerprint density at radius 3 is 2.77 bits per heavy atom. The van der Waals surface area contributed by atoms with Crippen LogP contribution in [0.15, 0.2) is 36.4 Å². The van der Waals surface area contributed by atoms with Crippen molar-refractivity contribution in [3.8, 4) is 5.75 Å². The van der Waals surface area contributed by atoms with Gasteiger partial charge < -0.3 is 14.8 Å². The predicted octanol–water partition coefficient (Wildman–Crippen LogP) is 5.40. The largest absolute Gasteiger partial charge is 0.489 e. The van der Waals surface area contributed by atoms with Crippen LogP contribution in [-0.2, 0) is 22.6 Å². The number of H-pyrrole nitrogens is 1. The first-order valence-corrected chi connectivity index (χ1v) is 11.1. The molecule has 160 valence electrons. The van der Waals surface area contributed by atoms with Crippen LogP contribution in [0.4, 0.5) is 0 Å². The number of aliphatic carboxylic acids is 1. The van der Waals surface area contributed by atoms with Crippen molar-refractivity contribution in [3.05, 3.63) is 64.3 Å². The molecule has 2 N–H and O–H groups in total. The Kier molecular flexibility index (Phi) is 5.05. The highest BCUT2D eigenvalue weighted by Crippen LogP contribution is 2.40. The van der Waals surface area contributed by atoms with E-state index in [1.54, 1.807) is 0 Å². The van der Waals surface area contributed by atoms with E-state index in [2.05, 4.69) is 36.2 Å². The molecule has 0 bridgehead atoms. The van der Waals surface area contributed by atoms with Gasteiger partial charge in [0, 0.05) is 35.4 Å². The molecule has 0 unspecified atom stereocenters. The number of aryl methyl sites for hydroxylation is 2. The van der Waals surface area contributed by atoms with Crippen molar-refractivity contribution >= 4 is 22.7 Å². The van der Waals surface area contributed by atoms with Gasteiger partial charge in [0.15, 0.2) is 0 Å². The summed E-state index contributed by atoms with van der Waals surface area (Å²) in [4.78, 5) is 26.2. The lowest BCUT2D eigenvalue weighted by Crippen LogP contribution is -2.03. The Bertz CT molecular complexity index is 1180. The van der Waals surface area contributed by atoms with Crippen LogP contribution in [0.2, 0.25) is 0 Å². The molecule has 1 heterocycles. The Labute approximate surface area is 181 Å². The van der Waals surface area contributed by atoms with Gasteiger partial charge in [0.2, 0.25) is 0 Å². The summed E-state index contributed by atoms with van der Waals surface area (Å²) in [5.41, 5.74) is 6.98. The van der Waals surface area contributed by atoms with Crippen LogP contribution in [0.5, 0.6) is 5.75 Å². The molecule has 2 aliphatic rings. The molecule has 0 saturated heterocycles. The summed E-state index contributed by atoms with van der Waals surface area (Å²) in [6.45, 7) is 2.61. The zero-order chi connectivity index (χ0) is 21.5. The van der Waals surface area contributed by atoms with Crippen molar-refractivity contribution in [2.24, 2.45) is 0 Å². The normalized spacial score (nSPS) is 20.4. The number of carbonyl (C=O) groups excluding carboxylic acids is 1. The molecule has 1 aromatic heterocycles. The number of rotatable bonds is 6. The van der Waals surface area contributed by atoms with Crippen molar-refractivity contribution in [2.45, 2.75) is 63.9 Å². The molecule has 1 saturated carbocycles. The van der Waals surface area contributed by atoms with Gasteiger partial charge in [-0.15, -0.1) is 0 Å². The molecule has 2 aliphatic carbocycles. The summed E-state index contributed by atoms with van der Waals surface area (Å²) in [7, 11) is 0. The molecular weight excluding hydrogens is 390 g/mol. The molecule has 31 heavy (non-hydrogen) atoms. The molecule has 5 rings (SSSR count). The van der Waals surface area contributed by atoms with E-state index in [0.717, 1.165) is 47.2 Å². The summed E-state index contributed by atoms with van der Waals surface area (Å²) < 4.78 is 6.10. The van der Waals surface area contributed by atoms with Crippen LogP contribution in [0.25, 0.3) is 10.9 Å². The molecule has 0 aliphatic heterocycles. The standard InChI is InChI=1S/C26H27NO4/c1-15-10-16(2-7-21(15)17-3-5-19(28)11-17)14-31-20-6-9-24-23(13-20)22-8-4-18(12-25(29)30)26(22)27-24/h2,6-7,9-10,13,17-18,27H,3-5,8,11-12,14H2,1H3,(H,29,30)/t17-,18+/m1/s1. The summed E-state index contributed by atoms with van der Waals surface area (Å²) in [6, 6.07) is 12.5. The highest BCUT2D eigenvalue weighted by Gasteiger charge is 2.28. The number of carboxylic acid groups (broad SMARTS) is 1. The zero-order valence-corrected chi connectivity index (χ0v) is 17.7. The van der Waals surface area contributed by atoms with Crippen LogP contribution in [0.1, 0.15) is 71.9 Å². The van der Waals surface area contributed by atoms with Gasteiger partial charge in [0.1, 0.15) is 18.1 Å².